The number of carbonyl (C=O) groups is 2. The van der Waals surface area contributed by atoms with E-state index in [1.54, 1.807) is 37.5 Å². The summed E-state index contributed by atoms with van der Waals surface area (Å²) in [5.41, 5.74) is -0.533. The molecule has 8 heteroatoms. The molecule has 1 fully saturated rings. The minimum absolute atomic E-state index is 0.0587. The first-order valence-electron chi connectivity index (χ1n) is 7.93. The Bertz CT molecular complexity index is 668. The monoisotopic (exact) mass is 418 g/mol. The van der Waals surface area contributed by atoms with E-state index in [0.29, 0.717) is 13.1 Å². The van der Waals surface area contributed by atoms with E-state index < -0.39 is 29.2 Å². The van der Waals surface area contributed by atoms with Crippen LogP contribution < -0.4 is 0 Å². The van der Waals surface area contributed by atoms with Crippen molar-refractivity contribution in [2.45, 2.75) is 39.3 Å². The first kappa shape index (κ1) is 19.6. The Labute approximate surface area is 154 Å². The topological polar surface area (TPSA) is 49.9 Å². The summed E-state index contributed by atoms with van der Waals surface area (Å²) < 4.78 is 32.1. The molecule has 5 nitrogen and oxygen atoms in total. The van der Waals surface area contributed by atoms with Crippen molar-refractivity contribution in [3.8, 4) is 0 Å². The summed E-state index contributed by atoms with van der Waals surface area (Å²) in [5, 5.41) is 0. The maximum absolute atomic E-state index is 13.5. The van der Waals surface area contributed by atoms with E-state index in [2.05, 4.69) is 15.9 Å². The Balaban J connectivity index is 2.08. The molecule has 1 atom stereocenters. The van der Waals surface area contributed by atoms with Gasteiger partial charge in [-0.25, -0.2) is 13.6 Å². The Hall–Kier alpha value is -1.70. The molecular weight excluding hydrogens is 398 g/mol. The molecule has 0 unspecified atom stereocenters. The number of piperazine rings is 1. The summed E-state index contributed by atoms with van der Waals surface area (Å²) in [7, 11) is 0. The molecule has 1 aromatic carbocycles. The van der Waals surface area contributed by atoms with E-state index in [4.69, 9.17) is 4.74 Å². The van der Waals surface area contributed by atoms with Gasteiger partial charge in [0.05, 0.1) is 4.47 Å². The van der Waals surface area contributed by atoms with E-state index in [1.807, 2.05) is 0 Å². The number of rotatable bonds is 1. The van der Waals surface area contributed by atoms with Crippen LogP contribution in [0.15, 0.2) is 16.6 Å². The van der Waals surface area contributed by atoms with Crippen molar-refractivity contribution >= 4 is 27.9 Å². The van der Waals surface area contributed by atoms with Gasteiger partial charge in [0.15, 0.2) is 11.6 Å². The van der Waals surface area contributed by atoms with Gasteiger partial charge in [-0.3, -0.25) is 4.79 Å². The van der Waals surface area contributed by atoms with Gasteiger partial charge in [-0.05, 0) is 55.8 Å². The molecule has 0 aliphatic carbocycles. The number of halogens is 3. The van der Waals surface area contributed by atoms with Crippen molar-refractivity contribution in [3.63, 3.8) is 0 Å². The summed E-state index contributed by atoms with van der Waals surface area (Å²) in [4.78, 5) is 27.8. The highest BCUT2D eigenvalue weighted by Gasteiger charge is 2.32. The predicted molar refractivity (Wildman–Crippen MR) is 92.4 cm³/mol. The predicted octanol–water partition coefficient (Wildman–Crippen LogP) is 3.81. The third-order valence-corrected chi connectivity index (χ3v) is 4.35. The van der Waals surface area contributed by atoms with E-state index in [0.717, 1.165) is 6.07 Å². The summed E-state index contributed by atoms with van der Waals surface area (Å²) >= 11 is 2.91. The molecule has 1 aliphatic heterocycles. The SMILES string of the molecule is C[C@H]1CN(C(=O)OC(C)(C)C)CCN1C(=O)c1cc(F)c(F)c(Br)c1. The van der Waals surface area contributed by atoms with Gasteiger partial charge in [0, 0.05) is 31.2 Å². The lowest BCUT2D eigenvalue weighted by Gasteiger charge is -2.40. The molecule has 2 rings (SSSR count). The molecule has 0 radical (unpaired) electrons. The maximum atomic E-state index is 13.5. The smallest absolute Gasteiger partial charge is 0.410 e. The summed E-state index contributed by atoms with van der Waals surface area (Å²) in [6.07, 6.45) is -0.429. The number of carbonyl (C=O) groups excluding carboxylic acids is 2. The van der Waals surface area contributed by atoms with Crippen LogP contribution in [0.25, 0.3) is 0 Å². The fourth-order valence-electron chi connectivity index (χ4n) is 2.60. The summed E-state index contributed by atoms with van der Waals surface area (Å²) in [6, 6.07) is 1.86. The molecule has 0 spiro atoms. The minimum Gasteiger partial charge on any atom is -0.444 e. The first-order chi connectivity index (χ1) is 11.5. The van der Waals surface area contributed by atoms with Gasteiger partial charge in [-0.1, -0.05) is 0 Å². The Morgan fingerprint density at radius 1 is 1.24 bits per heavy atom. The van der Waals surface area contributed by atoms with E-state index in [1.165, 1.54) is 6.07 Å². The molecule has 0 bridgehead atoms. The number of ether oxygens (including phenoxy) is 1. The Morgan fingerprint density at radius 2 is 1.88 bits per heavy atom. The second-order valence-electron chi connectivity index (χ2n) is 7.03. The van der Waals surface area contributed by atoms with Crippen molar-refractivity contribution in [3.05, 3.63) is 33.8 Å². The fraction of sp³-hybridized carbons (Fsp3) is 0.529. The highest BCUT2D eigenvalue weighted by Crippen LogP contribution is 2.23. The van der Waals surface area contributed by atoms with Crippen LogP contribution >= 0.6 is 15.9 Å². The molecule has 25 heavy (non-hydrogen) atoms. The third-order valence-electron chi connectivity index (χ3n) is 3.77. The largest absolute Gasteiger partial charge is 0.444 e. The fourth-order valence-corrected chi connectivity index (χ4v) is 3.03. The van der Waals surface area contributed by atoms with Gasteiger partial charge < -0.3 is 14.5 Å². The van der Waals surface area contributed by atoms with E-state index in [9.17, 15) is 18.4 Å². The van der Waals surface area contributed by atoms with Crippen LogP contribution in [0.5, 0.6) is 0 Å². The van der Waals surface area contributed by atoms with Crippen LogP contribution in [0.4, 0.5) is 13.6 Å². The van der Waals surface area contributed by atoms with Gasteiger partial charge in [0.1, 0.15) is 5.60 Å². The van der Waals surface area contributed by atoms with Gasteiger partial charge >= 0.3 is 6.09 Å². The molecule has 1 aromatic rings. The Morgan fingerprint density at radius 3 is 2.40 bits per heavy atom. The zero-order valence-electron chi connectivity index (χ0n) is 14.6. The van der Waals surface area contributed by atoms with E-state index >= 15 is 0 Å². The molecule has 1 aliphatic rings. The molecular formula is C17H21BrF2N2O3. The van der Waals surface area contributed by atoms with Gasteiger partial charge in [0.25, 0.3) is 5.91 Å². The lowest BCUT2D eigenvalue weighted by molar-refractivity contribution is 0.00616. The maximum Gasteiger partial charge on any atom is 0.410 e. The normalized spacial score (nSPS) is 18.3. The average molecular weight is 419 g/mol. The van der Waals surface area contributed by atoms with Crippen molar-refractivity contribution in [2.24, 2.45) is 0 Å². The molecule has 0 N–H and O–H groups in total. The third kappa shape index (κ3) is 4.68. The molecule has 138 valence electrons. The van der Waals surface area contributed by atoms with Crippen LogP contribution in [0.1, 0.15) is 38.1 Å². The molecule has 1 heterocycles. The van der Waals surface area contributed by atoms with Gasteiger partial charge in [-0.2, -0.15) is 0 Å². The zero-order valence-corrected chi connectivity index (χ0v) is 16.2. The Kier molecular flexibility index (Phi) is 5.71. The number of nitrogens with zero attached hydrogens (tertiary/aromatic N) is 2. The van der Waals surface area contributed by atoms with Crippen molar-refractivity contribution < 1.29 is 23.1 Å². The zero-order chi connectivity index (χ0) is 18.9. The summed E-state index contributed by atoms with van der Waals surface area (Å²) in [6.45, 7) is 8.07. The second-order valence-corrected chi connectivity index (χ2v) is 7.88. The average Bonchev–Trinajstić information content (AvgIpc) is 2.49. The number of hydrogen-bond donors (Lipinski definition) is 0. The van der Waals surface area contributed by atoms with Crippen molar-refractivity contribution in [1.29, 1.82) is 0 Å². The van der Waals surface area contributed by atoms with Crippen LogP contribution in [0, 0.1) is 11.6 Å². The standard InChI is InChI=1S/C17H21BrF2N2O3/c1-10-9-21(16(24)25-17(2,3)4)5-6-22(10)15(23)11-7-12(18)14(20)13(19)8-11/h7-8,10H,5-6,9H2,1-4H3/t10-/m0/s1. The first-order valence-corrected chi connectivity index (χ1v) is 8.72. The quantitative estimate of drug-likeness (QED) is 0.651. The van der Waals surface area contributed by atoms with Crippen LogP contribution in [-0.2, 0) is 4.74 Å². The highest BCUT2D eigenvalue weighted by atomic mass is 79.9. The number of hydrogen-bond acceptors (Lipinski definition) is 3. The molecule has 2 amide bonds. The number of amides is 2. The molecule has 0 saturated carbocycles. The van der Waals surface area contributed by atoms with E-state index in [-0.39, 0.29) is 22.6 Å². The highest BCUT2D eigenvalue weighted by molar-refractivity contribution is 9.10. The lowest BCUT2D eigenvalue weighted by Crippen LogP contribution is -2.56. The molecule has 0 aromatic heterocycles. The van der Waals surface area contributed by atoms with Crippen molar-refractivity contribution in [2.75, 3.05) is 19.6 Å². The second kappa shape index (κ2) is 7.27. The lowest BCUT2D eigenvalue weighted by atomic mass is 10.1. The van der Waals surface area contributed by atoms with Crippen LogP contribution in [0.2, 0.25) is 0 Å². The van der Waals surface area contributed by atoms with Gasteiger partial charge in [-0.15, -0.1) is 0 Å². The van der Waals surface area contributed by atoms with Gasteiger partial charge in [0.2, 0.25) is 0 Å². The van der Waals surface area contributed by atoms with Crippen LogP contribution in [-0.4, -0.2) is 53.1 Å². The summed E-state index contributed by atoms with van der Waals surface area (Å²) in [5.74, 6) is -2.52. The molecule has 1 saturated heterocycles. The van der Waals surface area contributed by atoms with Crippen molar-refractivity contribution in [1.82, 2.24) is 9.80 Å². The minimum atomic E-state index is -1.09. The number of benzene rings is 1. The van der Waals surface area contributed by atoms with Crippen LogP contribution in [0.3, 0.4) is 0 Å².